The lowest BCUT2D eigenvalue weighted by molar-refractivity contribution is -0.121. The van der Waals surface area contributed by atoms with E-state index in [1.165, 1.54) is 0 Å². The molecule has 6 heteroatoms. The van der Waals surface area contributed by atoms with E-state index in [2.05, 4.69) is 20.8 Å². The first-order valence-corrected chi connectivity index (χ1v) is 6.86. The van der Waals surface area contributed by atoms with Gasteiger partial charge < -0.3 is 5.32 Å². The third-order valence-electron chi connectivity index (χ3n) is 3.02. The molecule has 0 aliphatic heterocycles. The number of hydrogen-bond acceptors (Lipinski definition) is 4. The average molecular weight is 273 g/mol. The third-order valence-corrected chi connectivity index (χ3v) is 3.02. The maximum atomic E-state index is 11.7. The number of tetrazole rings is 1. The highest BCUT2D eigenvalue weighted by atomic mass is 16.1. The van der Waals surface area contributed by atoms with Crippen molar-refractivity contribution >= 4 is 5.91 Å². The number of nitrogens with zero attached hydrogens (tertiary/aromatic N) is 4. The van der Waals surface area contributed by atoms with Crippen LogP contribution in [0.4, 0.5) is 0 Å². The molecule has 0 saturated carbocycles. The Kier molecular flexibility index (Phi) is 5.70. The summed E-state index contributed by atoms with van der Waals surface area (Å²) in [6.45, 7) is 1.41. The molecule has 1 heterocycles. The van der Waals surface area contributed by atoms with Crippen molar-refractivity contribution < 1.29 is 4.79 Å². The third kappa shape index (κ3) is 5.17. The highest BCUT2D eigenvalue weighted by molar-refractivity contribution is 5.75. The number of benzene rings is 1. The van der Waals surface area contributed by atoms with Crippen LogP contribution in [0.15, 0.2) is 36.7 Å². The molecule has 0 saturated heterocycles. The fraction of sp³-hybridized carbons (Fsp3) is 0.429. The monoisotopic (exact) mass is 273 g/mol. The molecule has 1 aromatic heterocycles. The molecule has 0 bridgehead atoms. The van der Waals surface area contributed by atoms with Crippen LogP contribution in [-0.2, 0) is 17.9 Å². The molecule has 20 heavy (non-hydrogen) atoms. The number of carbonyl (C=O) groups excluding carboxylic acids is 1. The molecule has 0 unspecified atom stereocenters. The van der Waals surface area contributed by atoms with E-state index in [9.17, 15) is 4.79 Å². The van der Waals surface area contributed by atoms with Gasteiger partial charge in [-0.05, 0) is 28.8 Å². The summed E-state index contributed by atoms with van der Waals surface area (Å²) in [6.07, 6.45) is 5.05. The van der Waals surface area contributed by atoms with Gasteiger partial charge in [0.1, 0.15) is 6.33 Å². The first kappa shape index (κ1) is 14.2. The quantitative estimate of drug-likeness (QED) is 0.741. The molecule has 0 aliphatic carbocycles. The Morgan fingerprint density at radius 2 is 2.00 bits per heavy atom. The smallest absolute Gasteiger partial charge is 0.220 e. The predicted octanol–water partition coefficient (Wildman–Crippen LogP) is 1.55. The molecular formula is C14H19N5O. The number of nitrogens with one attached hydrogen (secondary N) is 1. The van der Waals surface area contributed by atoms with Crippen LogP contribution in [0.5, 0.6) is 0 Å². The number of amides is 1. The second kappa shape index (κ2) is 8.04. The summed E-state index contributed by atoms with van der Waals surface area (Å²) < 4.78 is 1.70. The molecular weight excluding hydrogens is 254 g/mol. The van der Waals surface area contributed by atoms with E-state index < -0.39 is 0 Å². The second-order valence-electron chi connectivity index (χ2n) is 4.65. The summed E-state index contributed by atoms with van der Waals surface area (Å²) in [4.78, 5) is 11.7. The number of aryl methyl sites for hydroxylation is 1. The predicted molar refractivity (Wildman–Crippen MR) is 74.6 cm³/mol. The molecule has 0 atom stereocenters. The summed E-state index contributed by atoms with van der Waals surface area (Å²) in [5, 5.41) is 13.9. The van der Waals surface area contributed by atoms with Crippen molar-refractivity contribution in [3.05, 3.63) is 42.2 Å². The fourth-order valence-electron chi connectivity index (χ4n) is 1.90. The maximum Gasteiger partial charge on any atom is 0.220 e. The van der Waals surface area contributed by atoms with E-state index in [-0.39, 0.29) is 5.91 Å². The normalized spacial score (nSPS) is 10.4. The van der Waals surface area contributed by atoms with Gasteiger partial charge in [-0.25, -0.2) is 4.68 Å². The van der Waals surface area contributed by atoms with E-state index >= 15 is 0 Å². The van der Waals surface area contributed by atoms with Crippen molar-refractivity contribution in [1.82, 2.24) is 25.5 Å². The number of carbonyl (C=O) groups is 1. The largest absolute Gasteiger partial charge is 0.352 e. The second-order valence-corrected chi connectivity index (χ2v) is 4.65. The Labute approximate surface area is 118 Å². The summed E-state index contributed by atoms with van der Waals surface area (Å²) in [5.74, 6) is 0.108. The van der Waals surface area contributed by atoms with Crippen molar-refractivity contribution in [2.24, 2.45) is 0 Å². The molecule has 1 N–H and O–H groups in total. The zero-order chi connectivity index (χ0) is 14.0. The molecule has 0 aliphatic rings. The van der Waals surface area contributed by atoms with Crippen LogP contribution in [0.25, 0.3) is 0 Å². The highest BCUT2D eigenvalue weighted by Crippen LogP contribution is 2.02. The number of unbranched alkanes of at least 4 members (excludes halogenated alkanes) is 2. The minimum Gasteiger partial charge on any atom is -0.352 e. The van der Waals surface area contributed by atoms with Crippen molar-refractivity contribution in [3.8, 4) is 0 Å². The first-order chi connectivity index (χ1) is 9.84. The lowest BCUT2D eigenvalue weighted by Gasteiger charge is -2.05. The van der Waals surface area contributed by atoms with Crippen LogP contribution < -0.4 is 5.32 Å². The average Bonchev–Trinajstić information content (AvgIpc) is 2.99. The van der Waals surface area contributed by atoms with Crippen molar-refractivity contribution in [2.45, 2.75) is 38.8 Å². The van der Waals surface area contributed by atoms with Gasteiger partial charge in [-0.1, -0.05) is 36.8 Å². The lowest BCUT2D eigenvalue weighted by Crippen LogP contribution is -2.22. The van der Waals surface area contributed by atoms with Crippen LogP contribution in [0.1, 0.15) is 31.2 Å². The van der Waals surface area contributed by atoms with Crippen LogP contribution in [0.3, 0.4) is 0 Å². The van der Waals surface area contributed by atoms with Crippen molar-refractivity contribution in [3.63, 3.8) is 0 Å². The molecule has 0 radical (unpaired) electrons. The zero-order valence-electron chi connectivity index (χ0n) is 11.4. The molecule has 2 rings (SSSR count). The van der Waals surface area contributed by atoms with Crippen LogP contribution in [0.2, 0.25) is 0 Å². The van der Waals surface area contributed by atoms with Gasteiger partial charge >= 0.3 is 0 Å². The first-order valence-electron chi connectivity index (χ1n) is 6.86. The molecule has 106 valence electrons. The molecule has 2 aromatic rings. The van der Waals surface area contributed by atoms with Gasteiger partial charge in [0.25, 0.3) is 0 Å². The van der Waals surface area contributed by atoms with E-state index in [4.69, 9.17) is 0 Å². The van der Waals surface area contributed by atoms with E-state index in [0.29, 0.717) is 13.0 Å². The van der Waals surface area contributed by atoms with Gasteiger partial charge in [-0.15, -0.1) is 5.10 Å². The Morgan fingerprint density at radius 3 is 2.75 bits per heavy atom. The Morgan fingerprint density at radius 1 is 1.15 bits per heavy atom. The Balaban J connectivity index is 1.52. The van der Waals surface area contributed by atoms with Crippen molar-refractivity contribution in [1.29, 1.82) is 0 Å². The zero-order valence-corrected chi connectivity index (χ0v) is 11.4. The lowest BCUT2D eigenvalue weighted by atomic mass is 10.2. The van der Waals surface area contributed by atoms with Gasteiger partial charge in [0.15, 0.2) is 0 Å². The minimum absolute atomic E-state index is 0.108. The van der Waals surface area contributed by atoms with E-state index in [1.54, 1.807) is 11.0 Å². The van der Waals surface area contributed by atoms with E-state index in [0.717, 1.165) is 31.4 Å². The Hall–Kier alpha value is -2.24. The van der Waals surface area contributed by atoms with Gasteiger partial charge in [-0.3, -0.25) is 4.79 Å². The topological polar surface area (TPSA) is 72.7 Å². The number of rotatable bonds is 8. The van der Waals surface area contributed by atoms with Crippen molar-refractivity contribution in [2.75, 3.05) is 0 Å². The highest BCUT2D eigenvalue weighted by Gasteiger charge is 2.01. The maximum absolute atomic E-state index is 11.7. The number of hydrogen-bond donors (Lipinski definition) is 1. The Bertz CT molecular complexity index is 498. The SMILES string of the molecule is O=C(CCCCCn1cnnn1)NCc1ccccc1. The van der Waals surface area contributed by atoms with Gasteiger partial charge in [0.05, 0.1) is 0 Å². The van der Waals surface area contributed by atoms with Gasteiger partial charge in [0, 0.05) is 19.5 Å². The van der Waals surface area contributed by atoms with Crippen LogP contribution in [0, 0.1) is 0 Å². The summed E-state index contributed by atoms with van der Waals surface area (Å²) in [5.41, 5.74) is 1.12. The van der Waals surface area contributed by atoms with Crippen LogP contribution in [-0.4, -0.2) is 26.1 Å². The summed E-state index contributed by atoms with van der Waals surface area (Å²) in [6, 6.07) is 9.93. The molecule has 1 amide bonds. The summed E-state index contributed by atoms with van der Waals surface area (Å²) >= 11 is 0. The summed E-state index contributed by atoms with van der Waals surface area (Å²) in [7, 11) is 0. The molecule has 6 nitrogen and oxygen atoms in total. The number of aromatic nitrogens is 4. The fourth-order valence-corrected chi connectivity index (χ4v) is 1.90. The molecule has 0 fully saturated rings. The minimum atomic E-state index is 0.108. The van der Waals surface area contributed by atoms with E-state index in [1.807, 2.05) is 30.3 Å². The molecule has 1 aromatic carbocycles. The van der Waals surface area contributed by atoms with Gasteiger partial charge in [0.2, 0.25) is 5.91 Å². The van der Waals surface area contributed by atoms with Crippen LogP contribution >= 0.6 is 0 Å². The molecule has 0 spiro atoms. The van der Waals surface area contributed by atoms with Gasteiger partial charge in [-0.2, -0.15) is 0 Å². The standard InChI is InChI=1S/C14H19N5O/c20-14(15-11-13-7-3-1-4-8-13)9-5-2-6-10-19-12-16-17-18-19/h1,3-4,7-8,12H,2,5-6,9-11H2,(H,15,20).